The Balaban J connectivity index is 0.000000342. The summed E-state index contributed by atoms with van der Waals surface area (Å²) in [5.41, 5.74) is 0.602. The smallest absolute Gasteiger partial charge is 0.128 e. The van der Waals surface area contributed by atoms with Crippen LogP contribution in [-0.4, -0.2) is 0 Å². The molecule has 0 radical (unpaired) electrons. The van der Waals surface area contributed by atoms with E-state index in [1.807, 2.05) is 0 Å². The first-order valence-electron chi connectivity index (χ1n) is 5.55. The first kappa shape index (κ1) is 17.2. The Morgan fingerprint density at radius 2 is 1.58 bits per heavy atom. The van der Waals surface area contributed by atoms with Gasteiger partial charge in [-0.25, -0.2) is 17.6 Å². The van der Waals surface area contributed by atoms with Crippen LogP contribution in [0.4, 0.5) is 17.6 Å². The predicted molar refractivity (Wildman–Crippen MR) is 70.0 cm³/mol. The Kier molecular flexibility index (Phi) is 7.49. The fourth-order valence-electron chi connectivity index (χ4n) is 1.18. The molecule has 0 nitrogen and oxygen atoms in total. The lowest BCUT2D eigenvalue weighted by atomic mass is 10.2. The Labute approximate surface area is 110 Å². The van der Waals surface area contributed by atoms with Gasteiger partial charge in [0.05, 0.1) is 0 Å². The minimum Gasteiger partial charge on any atom is -0.207 e. The molecule has 0 bridgehead atoms. The van der Waals surface area contributed by atoms with E-state index in [0.717, 1.165) is 12.1 Å². The third-order valence-corrected chi connectivity index (χ3v) is 2.16. The topological polar surface area (TPSA) is 0 Å². The van der Waals surface area contributed by atoms with Gasteiger partial charge in [-0.05, 0) is 44.5 Å². The molecule has 0 amide bonds. The summed E-state index contributed by atoms with van der Waals surface area (Å²) in [5, 5.41) is 0. The molecule has 1 rings (SSSR count). The summed E-state index contributed by atoms with van der Waals surface area (Å²) in [7, 11) is 0. The van der Waals surface area contributed by atoms with Crippen molar-refractivity contribution < 1.29 is 17.6 Å². The highest BCUT2D eigenvalue weighted by Crippen LogP contribution is 2.16. The molecule has 0 aliphatic heterocycles. The number of hydrogen-bond donors (Lipinski definition) is 0. The van der Waals surface area contributed by atoms with Gasteiger partial charge in [0.1, 0.15) is 23.3 Å². The zero-order valence-electron chi connectivity index (χ0n) is 11.1. The summed E-state index contributed by atoms with van der Waals surface area (Å²) in [6.45, 7) is 7.69. The van der Waals surface area contributed by atoms with E-state index in [0.29, 0.717) is 5.56 Å². The van der Waals surface area contributed by atoms with Crippen LogP contribution in [0.15, 0.2) is 54.2 Å². The molecule has 1 aromatic rings. The number of rotatable bonds is 2. The fourth-order valence-corrected chi connectivity index (χ4v) is 1.18. The number of halogens is 4. The van der Waals surface area contributed by atoms with E-state index in [4.69, 9.17) is 0 Å². The van der Waals surface area contributed by atoms with Gasteiger partial charge < -0.3 is 0 Å². The van der Waals surface area contributed by atoms with Crippen molar-refractivity contribution in [1.29, 1.82) is 0 Å². The van der Waals surface area contributed by atoms with Gasteiger partial charge in [-0.15, -0.1) is 0 Å². The maximum absolute atomic E-state index is 12.5. The highest BCUT2D eigenvalue weighted by atomic mass is 19.1. The lowest BCUT2D eigenvalue weighted by molar-refractivity contribution is 0.581. The molecule has 0 atom stereocenters. The van der Waals surface area contributed by atoms with Crippen LogP contribution in [0.1, 0.15) is 19.4 Å². The van der Waals surface area contributed by atoms with E-state index >= 15 is 0 Å². The molecule has 4 heteroatoms. The van der Waals surface area contributed by atoms with Crippen molar-refractivity contribution in [3.8, 4) is 0 Å². The molecule has 0 heterocycles. The Morgan fingerprint density at radius 3 is 1.89 bits per heavy atom. The largest absolute Gasteiger partial charge is 0.207 e. The highest BCUT2D eigenvalue weighted by molar-refractivity contribution is 5.29. The second-order valence-electron chi connectivity index (χ2n) is 3.76. The molecule has 0 unspecified atom stereocenters. The van der Waals surface area contributed by atoms with Gasteiger partial charge in [0.2, 0.25) is 0 Å². The second-order valence-corrected chi connectivity index (χ2v) is 3.76. The van der Waals surface area contributed by atoms with E-state index in [1.165, 1.54) is 32.1 Å². The molecule has 104 valence electrons. The van der Waals surface area contributed by atoms with Gasteiger partial charge >= 0.3 is 0 Å². The zero-order chi connectivity index (χ0) is 15.0. The molecule has 0 spiro atoms. The molecule has 0 aliphatic rings. The third kappa shape index (κ3) is 6.60. The van der Waals surface area contributed by atoms with Crippen molar-refractivity contribution in [3.63, 3.8) is 0 Å². The van der Waals surface area contributed by atoms with Gasteiger partial charge in [-0.2, -0.15) is 0 Å². The van der Waals surface area contributed by atoms with Crippen molar-refractivity contribution in [2.45, 2.75) is 20.8 Å². The number of benzene rings is 1. The monoisotopic (exact) mass is 272 g/mol. The maximum atomic E-state index is 12.5. The molecule has 0 N–H and O–H groups in total. The minimum atomic E-state index is -0.615. The van der Waals surface area contributed by atoms with Gasteiger partial charge in [-0.1, -0.05) is 12.7 Å². The van der Waals surface area contributed by atoms with E-state index in [1.54, 1.807) is 6.92 Å². The van der Waals surface area contributed by atoms with Crippen molar-refractivity contribution in [2.75, 3.05) is 0 Å². The van der Waals surface area contributed by atoms with Crippen LogP contribution in [0, 0.1) is 18.6 Å². The van der Waals surface area contributed by atoms with Crippen LogP contribution in [-0.2, 0) is 0 Å². The zero-order valence-corrected chi connectivity index (χ0v) is 11.1. The van der Waals surface area contributed by atoms with E-state index in [2.05, 4.69) is 6.58 Å². The quantitative estimate of drug-likeness (QED) is 0.488. The number of aryl methyl sites for hydroxylation is 1. The fraction of sp³-hybridized carbons (Fsp3) is 0.200. The summed E-state index contributed by atoms with van der Waals surface area (Å²) in [4.78, 5) is 0. The van der Waals surface area contributed by atoms with Crippen LogP contribution >= 0.6 is 0 Å². The SMILES string of the molecule is C=C/C(F)=C(C)\C(F)=C/C.Cc1cc(F)cc(F)c1. The minimum absolute atomic E-state index is 0.00231. The molecule has 0 saturated heterocycles. The number of hydrogen-bond acceptors (Lipinski definition) is 0. The van der Waals surface area contributed by atoms with E-state index < -0.39 is 23.3 Å². The lowest BCUT2D eigenvalue weighted by Gasteiger charge is -1.95. The molecule has 0 aromatic heterocycles. The summed E-state index contributed by atoms with van der Waals surface area (Å²) < 4.78 is 49.3. The molecular weight excluding hydrogens is 256 g/mol. The van der Waals surface area contributed by atoms with Gasteiger partial charge in [0.25, 0.3) is 0 Å². The second kappa shape index (κ2) is 8.29. The average Bonchev–Trinajstić information content (AvgIpc) is 2.35. The van der Waals surface area contributed by atoms with E-state index in [-0.39, 0.29) is 5.57 Å². The van der Waals surface area contributed by atoms with Crippen LogP contribution in [0.5, 0.6) is 0 Å². The summed E-state index contributed by atoms with van der Waals surface area (Å²) in [6, 6.07) is 3.42. The van der Waals surface area contributed by atoms with Crippen molar-refractivity contribution in [2.24, 2.45) is 0 Å². The number of allylic oxidation sites excluding steroid dienone is 5. The highest BCUT2D eigenvalue weighted by Gasteiger charge is 2.01. The van der Waals surface area contributed by atoms with Gasteiger partial charge in [0.15, 0.2) is 0 Å². The molecular formula is C15H16F4. The van der Waals surface area contributed by atoms with Crippen LogP contribution in [0.3, 0.4) is 0 Å². The van der Waals surface area contributed by atoms with E-state index in [9.17, 15) is 17.6 Å². The van der Waals surface area contributed by atoms with Crippen molar-refractivity contribution in [3.05, 3.63) is 71.4 Å². The van der Waals surface area contributed by atoms with Crippen LogP contribution in [0.2, 0.25) is 0 Å². The Hall–Kier alpha value is -1.84. The molecule has 19 heavy (non-hydrogen) atoms. The summed E-state index contributed by atoms with van der Waals surface area (Å²) >= 11 is 0. The first-order valence-corrected chi connectivity index (χ1v) is 5.55. The Bertz CT molecular complexity index is 448. The predicted octanol–water partition coefficient (Wildman–Crippen LogP) is 5.56. The summed E-state index contributed by atoms with van der Waals surface area (Å²) in [6.07, 6.45) is 2.19. The molecule has 0 fully saturated rings. The van der Waals surface area contributed by atoms with Crippen LogP contribution < -0.4 is 0 Å². The summed E-state index contributed by atoms with van der Waals surface area (Å²) in [5.74, 6) is -2.20. The molecule has 0 saturated carbocycles. The van der Waals surface area contributed by atoms with Gasteiger partial charge in [-0.3, -0.25) is 0 Å². The molecule has 0 aliphatic carbocycles. The lowest BCUT2D eigenvalue weighted by Crippen LogP contribution is -1.80. The average molecular weight is 272 g/mol. The normalized spacial score (nSPS) is 12.3. The van der Waals surface area contributed by atoms with Crippen molar-refractivity contribution in [1.82, 2.24) is 0 Å². The maximum Gasteiger partial charge on any atom is 0.128 e. The standard InChI is InChI=1S/C8H10F2.C7H6F2/c1-4-7(9)6(3)8(10)5-2;1-5-2-6(8)4-7(9)3-5/h4-5H,1H2,2-3H3;2-4H,1H3/b7-6+,8-5+;. The van der Waals surface area contributed by atoms with Crippen molar-refractivity contribution >= 4 is 0 Å². The Morgan fingerprint density at radius 1 is 1.11 bits per heavy atom. The third-order valence-electron chi connectivity index (χ3n) is 2.16. The first-order chi connectivity index (χ1) is 8.81. The van der Waals surface area contributed by atoms with Crippen LogP contribution in [0.25, 0.3) is 0 Å². The molecule has 1 aromatic carbocycles. The van der Waals surface area contributed by atoms with Gasteiger partial charge in [0, 0.05) is 11.6 Å².